The van der Waals surface area contributed by atoms with Crippen LogP contribution in [0.4, 0.5) is 4.39 Å². The second-order valence-electron chi connectivity index (χ2n) is 5.11. The second kappa shape index (κ2) is 4.97. The average molecular weight is 301 g/mol. The van der Waals surface area contributed by atoms with Crippen LogP contribution in [0.1, 0.15) is 43.0 Å². The van der Waals surface area contributed by atoms with E-state index < -0.39 is 0 Å². The van der Waals surface area contributed by atoms with Gasteiger partial charge < -0.3 is 4.74 Å². The molecular weight excluding hydrogens is 283 g/mol. The first-order valence-corrected chi connectivity index (χ1v) is 6.96. The van der Waals surface area contributed by atoms with E-state index in [0.717, 1.165) is 11.3 Å². The lowest BCUT2D eigenvalue weighted by Crippen LogP contribution is -2.18. The summed E-state index contributed by atoms with van der Waals surface area (Å²) < 4.78 is 18.7. The van der Waals surface area contributed by atoms with Crippen LogP contribution in [0.25, 0.3) is 0 Å². The van der Waals surface area contributed by atoms with Gasteiger partial charge in [-0.2, -0.15) is 0 Å². The molecule has 0 bridgehead atoms. The molecule has 0 aliphatic heterocycles. The topological polar surface area (TPSA) is 9.23 Å². The summed E-state index contributed by atoms with van der Waals surface area (Å²) in [5, 5.41) is 0. The molecule has 0 amide bonds. The standard InChI is InChI=1S/C14H18BrFO/c1-14(7-3-4-8-14)13(15)11-9-10(16)5-6-12(11)17-2/h5-6,9,13H,3-4,7-8H2,1-2H3. The fourth-order valence-electron chi connectivity index (χ4n) is 2.71. The highest BCUT2D eigenvalue weighted by molar-refractivity contribution is 9.09. The average Bonchev–Trinajstić information content (AvgIpc) is 2.76. The zero-order valence-corrected chi connectivity index (χ0v) is 11.9. The fraction of sp³-hybridized carbons (Fsp3) is 0.571. The van der Waals surface area contributed by atoms with Crippen LogP contribution in [-0.4, -0.2) is 7.11 Å². The zero-order chi connectivity index (χ0) is 12.5. The molecule has 0 radical (unpaired) electrons. The molecule has 1 unspecified atom stereocenters. The third-order valence-electron chi connectivity index (χ3n) is 3.82. The van der Waals surface area contributed by atoms with E-state index in [1.54, 1.807) is 19.2 Å². The summed E-state index contributed by atoms with van der Waals surface area (Å²) in [4.78, 5) is 0.156. The molecule has 0 spiro atoms. The Labute approximate surface area is 110 Å². The Hall–Kier alpha value is -0.570. The van der Waals surface area contributed by atoms with Gasteiger partial charge in [-0.15, -0.1) is 0 Å². The Kier molecular flexibility index (Phi) is 3.76. The molecule has 1 aliphatic rings. The minimum absolute atomic E-state index is 0.156. The summed E-state index contributed by atoms with van der Waals surface area (Å²) in [5.74, 6) is 0.563. The fourth-order valence-corrected chi connectivity index (χ4v) is 3.53. The molecule has 17 heavy (non-hydrogen) atoms. The van der Waals surface area contributed by atoms with Gasteiger partial charge in [-0.3, -0.25) is 0 Å². The van der Waals surface area contributed by atoms with Gasteiger partial charge in [0.05, 0.1) is 7.11 Å². The van der Waals surface area contributed by atoms with Crippen molar-refractivity contribution in [3.63, 3.8) is 0 Å². The predicted octanol–water partition coefficient (Wildman–Crippen LogP) is 4.85. The Morgan fingerprint density at radius 3 is 2.59 bits per heavy atom. The van der Waals surface area contributed by atoms with Crippen molar-refractivity contribution in [2.45, 2.75) is 37.4 Å². The van der Waals surface area contributed by atoms with Crippen molar-refractivity contribution in [2.24, 2.45) is 5.41 Å². The summed E-state index contributed by atoms with van der Waals surface area (Å²) in [6.45, 7) is 2.27. The van der Waals surface area contributed by atoms with E-state index in [-0.39, 0.29) is 16.1 Å². The lowest BCUT2D eigenvalue weighted by Gasteiger charge is -2.31. The van der Waals surface area contributed by atoms with Crippen molar-refractivity contribution in [1.82, 2.24) is 0 Å². The van der Waals surface area contributed by atoms with Crippen LogP contribution in [0, 0.1) is 11.2 Å². The second-order valence-corrected chi connectivity index (χ2v) is 6.03. The smallest absolute Gasteiger partial charge is 0.123 e. The largest absolute Gasteiger partial charge is 0.496 e. The van der Waals surface area contributed by atoms with Gasteiger partial charge in [-0.25, -0.2) is 4.39 Å². The van der Waals surface area contributed by atoms with Crippen molar-refractivity contribution in [2.75, 3.05) is 7.11 Å². The highest BCUT2D eigenvalue weighted by atomic mass is 79.9. The van der Waals surface area contributed by atoms with Gasteiger partial charge in [0.15, 0.2) is 0 Å². The van der Waals surface area contributed by atoms with Crippen molar-refractivity contribution in [1.29, 1.82) is 0 Å². The molecule has 1 aliphatic carbocycles. The lowest BCUT2D eigenvalue weighted by molar-refractivity contribution is 0.321. The number of hydrogen-bond acceptors (Lipinski definition) is 1. The first-order chi connectivity index (χ1) is 8.07. The Morgan fingerprint density at radius 2 is 2.00 bits per heavy atom. The molecule has 0 N–H and O–H groups in total. The quantitative estimate of drug-likeness (QED) is 0.725. The Balaban J connectivity index is 2.35. The third kappa shape index (κ3) is 2.49. The molecule has 1 nitrogen and oxygen atoms in total. The van der Waals surface area contributed by atoms with Crippen molar-refractivity contribution in [3.8, 4) is 5.75 Å². The Morgan fingerprint density at radius 1 is 1.35 bits per heavy atom. The van der Waals surface area contributed by atoms with Crippen LogP contribution in [-0.2, 0) is 0 Å². The normalized spacial score (nSPS) is 20.2. The van der Waals surface area contributed by atoms with Crippen LogP contribution in [0.2, 0.25) is 0 Å². The third-order valence-corrected chi connectivity index (χ3v) is 5.42. The number of hydrogen-bond donors (Lipinski definition) is 0. The summed E-state index contributed by atoms with van der Waals surface area (Å²) in [7, 11) is 1.63. The summed E-state index contributed by atoms with van der Waals surface area (Å²) in [6, 6.07) is 4.73. The first-order valence-electron chi connectivity index (χ1n) is 6.04. The molecular formula is C14H18BrFO. The molecule has 3 heteroatoms. The van der Waals surface area contributed by atoms with E-state index >= 15 is 0 Å². The minimum Gasteiger partial charge on any atom is -0.496 e. The Bertz CT molecular complexity index is 399. The summed E-state index contributed by atoms with van der Waals surface area (Å²) >= 11 is 3.75. The van der Waals surface area contributed by atoms with E-state index in [1.807, 2.05) is 0 Å². The monoisotopic (exact) mass is 300 g/mol. The molecule has 1 fully saturated rings. The number of alkyl halides is 1. The maximum atomic E-state index is 13.4. The van der Waals surface area contributed by atoms with Crippen LogP contribution >= 0.6 is 15.9 Å². The minimum atomic E-state index is -0.202. The first kappa shape index (κ1) is 12.9. The molecule has 1 atom stereocenters. The van der Waals surface area contributed by atoms with Crippen molar-refractivity contribution >= 4 is 15.9 Å². The highest BCUT2D eigenvalue weighted by Gasteiger charge is 2.37. The molecule has 2 rings (SSSR count). The van der Waals surface area contributed by atoms with Crippen molar-refractivity contribution < 1.29 is 9.13 Å². The van der Waals surface area contributed by atoms with E-state index in [0.29, 0.717) is 0 Å². The van der Waals surface area contributed by atoms with E-state index in [2.05, 4.69) is 22.9 Å². The van der Waals surface area contributed by atoms with Gasteiger partial charge in [-0.05, 0) is 36.5 Å². The molecule has 0 aromatic heterocycles. The van der Waals surface area contributed by atoms with Gasteiger partial charge in [0.25, 0.3) is 0 Å². The number of halogens is 2. The molecule has 0 saturated heterocycles. The van der Waals surface area contributed by atoms with Gasteiger partial charge >= 0.3 is 0 Å². The van der Waals surface area contributed by atoms with Crippen LogP contribution in [0.5, 0.6) is 5.75 Å². The van der Waals surface area contributed by atoms with Gasteiger partial charge in [0, 0.05) is 10.4 Å². The van der Waals surface area contributed by atoms with Gasteiger partial charge in [0.1, 0.15) is 11.6 Å². The summed E-state index contributed by atoms with van der Waals surface area (Å²) in [6.07, 6.45) is 4.89. The maximum Gasteiger partial charge on any atom is 0.123 e. The van der Waals surface area contributed by atoms with E-state index in [4.69, 9.17) is 4.74 Å². The number of methoxy groups -OCH3 is 1. The number of benzene rings is 1. The SMILES string of the molecule is COc1ccc(F)cc1C(Br)C1(C)CCCC1. The molecule has 1 aromatic carbocycles. The number of rotatable bonds is 3. The van der Waals surface area contributed by atoms with Crippen LogP contribution in [0.15, 0.2) is 18.2 Å². The lowest BCUT2D eigenvalue weighted by atomic mass is 9.82. The molecule has 1 saturated carbocycles. The van der Waals surface area contributed by atoms with Crippen LogP contribution < -0.4 is 4.74 Å². The van der Waals surface area contributed by atoms with Gasteiger partial charge in [-0.1, -0.05) is 35.7 Å². The van der Waals surface area contributed by atoms with Crippen molar-refractivity contribution in [3.05, 3.63) is 29.6 Å². The summed E-state index contributed by atoms with van der Waals surface area (Å²) in [5.41, 5.74) is 1.14. The molecule has 0 heterocycles. The van der Waals surface area contributed by atoms with E-state index in [9.17, 15) is 4.39 Å². The molecule has 94 valence electrons. The zero-order valence-electron chi connectivity index (χ0n) is 10.3. The predicted molar refractivity (Wildman–Crippen MR) is 71.2 cm³/mol. The van der Waals surface area contributed by atoms with E-state index in [1.165, 1.54) is 31.7 Å². The van der Waals surface area contributed by atoms with Crippen LogP contribution in [0.3, 0.4) is 0 Å². The van der Waals surface area contributed by atoms with Gasteiger partial charge in [0.2, 0.25) is 0 Å². The molecule has 1 aromatic rings. The highest BCUT2D eigenvalue weighted by Crippen LogP contribution is 2.53. The maximum absolute atomic E-state index is 13.4. The number of ether oxygens (including phenoxy) is 1.